The zero-order valence-corrected chi connectivity index (χ0v) is 15.9. The number of allylic oxidation sites excluding steroid dienone is 2. The van der Waals surface area contributed by atoms with E-state index in [4.69, 9.17) is 0 Å². The van der Waals surface area contributed by atoms with Crippen LogP contribution in [0.5, 0.6) is 0 Å². The van der Waals surface area contributed by atoms with Gasteiger partial charge in [-0.2, -0.15) is 11.3 Å². The summed E-state index contributed by atoms with van der Waals surface area (Å²) in [5.41, 5.74) is 0. The molecule has 0 saturated carbocycles. The SMILES string of the molecule is C1=C[N-]C(Cn2cccn2)C=C1.[CH3][Sn]([CH3])([Br])[Br]. The monoisotopic (exact) mass is 468 g/mol. The van der Waals surface area contributed by atoms with E-state index in [-0.39, 0.29) is 6.04 Å². The van der Waals surface area contributed by atoms with Gasteiger partial charge in [0.25, 0.3) is 0 Å². The summed E-state index contributed by atoms with van der Waals surface area (Å²) in [6.07, 6.45) is 11.6. The first-order chi connectivity index (χ1) is 7.95. The van der Waals surface area contributed by atoms with Crippen molar-refractivity contribution >= 4 is 39.3 Å². The van der Waals surface area contributed by atoms with Crippen molar-refractivity contribution in [3.63, 3.8) is 0 Å². The molecule has 0 N–H and O–H groups in total. The van der Waals surface area contributed by atoms with Gasteiger partial charge in [-0.1, -0.05) is 24.3 Å². The molecule has 1 aliphatic heterocycles. The predicted molar refractivity (Wildman–Crippen MR) is 83.0 cm³/mol. The van der Waals surface area contributed by atoms with Gasteiger partial charge in [0.15, 0.2) is 0 Å². The van der Waals surface area contributed by atoms with E-state index >= 15 is 0 Å². The standard InChI is InChI=1S/C9H10N3.2CH3.2BrH.Sn/c1-2-5-10-9(4-1)8-12-7-3-6-11-12;;;;;/h1-7,9H,8H2;2*1H3;2*1H;/q-1;;;;;+2/p-2. The topological polar surface area (TPSA) is 31.9 Å². The molecule has 3 nitrogen and oxygen atoms in total. The van der Waals surface area contributed by atoms with E-state index in [1.54, 1.807) is 6.20 Å². The second-order valence-corrected chi connectivity index (χ2v) is 45.3. The van der Waals surface area contributed by atoms with Crippen molar-refractivity contribution in [2.45, 2.75) is 22.5 Å². The quantitative estimate of drug-likeness (QED) is 0.599. The van der Waals surface area contributed by atoms with Crippen LogP contribution in [0.1, 0.15) is 0 Å². The van der Waals surface area contributed by atoms with Crippen LogP contribution in [0.4, 0.5) is 0 Å². The van der Waals surface area contributed by atoms with Crippen molar-refractivity contribution in [3.05, 3.63) is 48.2 Å². The number of hydrogen-bond acceptors (Lipinski definition) is 1. The van der Waals surface area contributed by atoms with Crippen molar-refractivity contribution in [2.75, 3.05) is 0 Å². The summed E-state index contributed by atoms with van der Waals surface area (Å²) in [6.45, 7) is 0.827. The van der Waals surface area contributed by atoms with Crippen LogP contribution in [0.2, 0.25) is 9.88 Å². The van der Waals surface area contributed by atoms with Crippen LogP contribution in [0.15, 0.2) is 42.9 Å². The van der Waals surface area contributed by atoms with E-state index in [0.29, 0.717) is 0 Å². The Kier molecular flexibility index (Phi) is 6.87. The van der Waals surface area contributed by atoms with E-state index in [9.17, 15) is 0 Å². The van der Waals surface area contributed by atoms with E-state index in [2.05, 4.69) is 51.8 Å². The number of halogens is 2. The van der Waals surface area contributed by atoms with Gasteiger partial charge in [0.05, 0.1) is 0 Å². The fraction of sp³-hybridized carbons (Fsp3) is 0.364. The summed E-state index contributed by atoms with van der Waals surface area (Å²) in [5.74, 6) is 0. The molecule has 94 valence electrons. The number of nitrogens with zero attached hydrogens (tertiary/aromatic N) is 3. The molecule has 1 aromatic heterocycles. The molecule has 0 aromatic carbocycles. The van der Waals surface area contributed by atoms with Crippen LogP contribution in [0, 0.1) is 0 Å². The Morgan fingerprint density at radius 3 is 2.53 bits per heavy atom. The molecule has 0 fully saturated rings. The molecule has 6 heteroatoms. The molecular formula is C11H16Br2N3Sn-. The van der Waals surface area contributed by atoms with E-state index in [1.165, 1.54) is 0 Å². The van der Waals surface area contributed by atoms with E-state index in [1.807, 2.05) is 35.3 Å². The van der Waals surface area contributed by atoms with E-state index in [0.717, 1.165) is 6.54 Å². The van der Waals surface area contributed by atoms with Crippen molar-refractivity contribution in [3.8, 4) is 0 Å². The summed E-state index contributed by atoms with van der Waals surface area (Å²) in [5, 5.41) is 8.39. The molecule has 0 radical (unpaired) electrons. The fourth-order valence-electron chi connectivity index (χ4n) is 1.16. The zero-order chi connectivity index (χ0) is 12.7. The Balaban J connectivity index is 0.000000249. The maximum absolute atomic E-state index is 4.28. The van der Waals surface area contributed by atoms with Gasteiger partial charge in [0.1, 0.15) is 0 Å². The molecule has 17 heavy (non-hydrogen) atoms. The molecule has 1 aromatic rings. The first kappa shape index (κ1) is 15.3. The third-order valence-electron chi connectivity index (χ3n) is 1.74. The summed E-state index contributed by atoms with van der Waals surface area (Å²) in [7, 11) is 0. The van der Waals surface area contributed by atoms with Crippen LogP contribution >= 0.6 is 25.4 Å². The van der Waals surface area contributed by atoms with Gasteiger partial charge in [0, 0.05) is 18.9 Å². The Labute approximate surface area is 119 Å². The van der Waals surface area contributed by atoms with Crippen LogP contribution in [0.3, 0.4) is 0 Å². The van der Waals surface area contributed by atoms with Gasteiger partial charge in [-0.15, -0.1) is 0 Å². The Morgan fingerprint density at radius 1 is 1.35 bits per heavy atom. The van der Waals surface area contributed by atoms with Crippen molar-refractivity contribution in [1.29, 1.82) is 0 Å². The minimum absolute atomic E-state index is 0.245. The number of aromatic nitrogens is 2. The Bertz CT molecular complexity index is 363. The van der Waals surface area contributed by atoms with Crippen LogP contribution in [0.25, 0.3) is 5.32 Å². The molecule has 1 atom stereocenters. The molecule has 2 heterocycles. The Morgan fingerprint density at radius 2 is 2.06 bits per heavy atom. The van der Waals surface area contributed by atoms with Gasteiger partial charge in [0.2, 0.25) is 0 Å². The van der Waals surface area contributed by atoms with Crippen LogP contribution in [-0.2, 0) is 6.54 Å². The fourth-order valence-corrected chi connectivity index (χ4v) is 1.16. The molecule has 0 bridgehead atoms. The molecule has 1 aliphatic rings. The molecule has 0 amide bonds. The number of rotatable bonds is 2. The molecule has 2 rings (SSSR count). The van der Waals surface area contributed by atoms with Crippen LogP contribution < -0.4 is 0 Å². The normalized spacial score (nSPS) is 18.2. The minimum atomic E-state index is -1.55. The summed E-state index contributed by atoms with van der Waals surface area (Å²) in [4.78, 5) is 4.46. The predicted octanol–water partition coefficient (Wildman–Crippen LogP) is 4.19. The van der Waals surface area contributed by atoms with Gasteiger partial charge < -0.3 is 5.32 Å². The first-order valence-corrected chi connectivity index (χ1v) is 23.8. The summed E-state index contributed by atoms with van der Waals surface area (Å²) >= 11 is 5.45. The number of hydrogen-bond donors (Lipinski definition) is 0. The average molecular weight is 469 g/mol. The maximum atomic E-state index is 4.28. The van der Waals surface area contributed by atoms with Gasteiger partial charge in [-0.3, -0.25) is 4.68 Å². The molecule has 0 aliphatic carbocycles. The van der Waals surface area contributed by atoms with Crippen molar-refractivity contribution in [2.24, 2.45) is 0 Å². The summed E-state index contributed by atoms with van der Waals surface area (Å²) in [6, 6.07) is 2.16. The van der Waals surface area contributed by atoms with Crippen molar-refractivity contribution in [1.82, 2.24) is 9.78 Å². The molecular weight excluding hydrogens is 453 g/mol. The zero-order valence-electron chi connectivity index (χ0n) is 9.92. The molecule has 0 spiro atoms. The summed E-state index contributed by atoms with van der Waals surface area (Å²) < 4.78 is 1.89. The molecule has 1 unspecified atom stereocenters. The molecule has 0 saturated heterocycles. The van der Waals surface area contributed by atoms with E-state index < -0.39 is 13.9 Å². The Hall–Kier alpha value is 0.249. The second-order valence-electron chi connectivity index (χ2n) is 4.00. The van der Waals surface area contributed by atoms with Gasteiger partial charge in [-0.05, 0) is 6.07 Å². The third kappa shape index (κ3) is 8.90. The van der Waals surface area contributed by atoms with Gasteiger partial charge in [-0.25, -0.2) is 0 Å². The van der Waals surface area contributed by atoms with Crippen molar-refractivity contribution < 1.29 is 0 Å². The second kappa shape index (κ2) is 7.63. The average Bonchev–Trinajstić information content (AvgIpc) is 2.69. The first-order valence-electron chi connectivity index (χ1n) is 5.34. The third-order valence-corrected chi connectivity index (χ3v) is 1.74. The van der Waals surface area contributed by atoms with Gasteiger partial charge >= 0.3 is 49.2 Å². The van der Waals surface area contributed by atoms with Crippen LogP contribution in [-0.4, -0.2) is 29.8 Å².